The molecule has 2 amide bonds. The summed E-state index contributed by atoms with van der Waals surface area (Å²) in [6.07, 6.45) is 2.15. The lowest BCUT2D eigenvalue weighted by Crippen LogP contribution is -2.34. The van der Waals surface area contributed by atoms with Gasteiger partial charge in [-0.2, -0.15) is 0 Å². The lowest BCUT2D eigenvalue weighted by Gasteiger charge is -2.27. The SMILES string of the molecule is O=C(OCC1C2CCC1N(Cc1ccccc1)C2)c1cc(F)ccc1N1C(=O)c2ccccc2C1=O. The topological polar surface area (TPSA) is 66.9 Å². The Kier molecular flexibility index (Phi) is 5.64. The molecule has 7 heteroatoms. The van der Waals surface area contributed by atoms with E-state index in [0.29, 0.717) is 12.0 Å². The monoisotopic (exact) mass is 484 g/mol. The van der Waals surface area contributed by atoms with Crippen LogP contribution >= 0.6 is 0 Å². The molecule has 1 saturated carbocycles. The summed E-state index contributed by atoms with van der Waals surface area (Å²) in [6.45, 7) is 2.04. The van der Waals surface area contributed by atoms with Gasteiger partial charge >= 0.3 is 5.97 Å². The first-order valence-electron chi connectivity index (χ1n) is 12.2. The number of rotatable bonds is 6. The van der Waals surface area contributed by atoms with Crippen LogP contribution in [0.15, 0.2) is 72.8 Å². The summed E-state index contributed by atoms with van der Waals surface area (Å²) in [5.74, 6) is -1.81. The van der Waals surface area contributed by atoms with Crippen molar-refractivity contribution in [3.63, 3.8) is 0 Å². The molecule has 0 radical (unpaired) electrons. The van der Waals surface area contributed by atoms with Crippen molar-refractivity contribution in [2.24, 2.45) is 11.8 Å². The van der Waals surface area contributed by atoms with Gasteiger partial charge in [0, 0.05) is 25.0 Å². The van der Waals surface area contributed by atoms with Gasteiger partial charge < -0.3 is 4.74 Å². The number of likely N-dealkylation sites (tertiary alicyclic amines) is 1. The number of piperidine rings is 1. The van der Waals surface area contributed by atoms with Crippen molar-refractivity contribution in [1.82, 2.24) is 4.90 Å². The molecule has 36 heavy (non-hydrogen) atoms. The minimum Gasteiger partial charge on any atom is -0.462 e. The number of esters is 1. The first kappa shape index (κ1) is 22.6. The number of hydrogen-bond donors (Lipinski definition) is 0. The van der Waals surface area contributed by atoms with E-state index in [4.69, 9.17) is 4.74 Å². The maximum absolute atomic E-state index is 14.2. The second-order valence-electron chi connectivity index (χ2n) is 9.73. The van der Waals surface area contributed by atoms with Crippen LogP contribution in [-0.4, -0.2) is 41.9 Å². The first-order valence-corrected chi connectivity index (χ1v) is 12.2. The van der Waals surface area contributed by atoms with Crippen molar-refractivity contribution in [3.8, 4) is 0 Å². The van der Waals surface area contributed by atoms with E-state index in [0.717, 1.165) is 43.0 Å². The highest BCUT2D eigenvalue weighted by Gasteiger charge is 2.47. The van der Waals surface area contributed by atoms with E-state index in [-0.39, 0.29) is 34.9 Å². The molecule has 0 spiro atoms. The second kappa shape index (κ2) is 8.99. The highest BCUT2D eigenvalue weighted by molar-refractivity contribution is 6.35. The Balaban J connectivity index is 1.19. The van der Waals surface area contributed by atoms with E-state index < -0.39 is 23.6 Å². The highest BCUT2D eigenvalue weighted by Crippen LogP contribution is 2.43. The van der Waals surface area contributed by atoms with Crippen LogP contribution in [0.25, 0.3) is 0 Å². The third-order valence-electron chi connectivity index (χ3n) is 7.72. The van der Waals surface area contributed by atoms with Gasteiger partial charge in [0.25, 0.3) is 11.8 Å². The number of nitrogens with zero attached hydrogens (tertiary/aromatic N) is 2. The van der Waals surface area contributed by atoms with Gasteiger partial charge in [0.05, 0.1) is 29.0 Å². The number of halogens is 1. The van der Waals surface area contributed by atoms with E-state index >= 15 is 0 Å². The average Bonchev–Trinajstić information content (AvgIpc) is 3.52. The summed E-state index contributed by atoms with van der Waals surface area (Å²) < 4.78 is 19.9. The first-order chi connectivity index (χ1) is 17.5. The number of benzene rings is 3. The summed E-state index contributed by atoms with van der Waals surface area (Å²) in [5.41, 5.74) is 1.68. The summed E-state index contributed by atoms with van der Waals surface area (Å²) in [6, 6.07) is 20.6. The average molecular weight is 485 g/mol. The molecular formula is C29H25FN2O4. The van der Waals surface area contributed by atoms with Gasteiger partial charge in [-0.15, -0.1) is 0 Å². The van der Waals surface area contributed by atoms with E-state index in [1.165, 1.54) is 11.6 Å². The number of carbonyl (C=O) groups excluding carboxylic acids is 3. The molecule has 3 aromatic rings. The Hall–Kier alpha value is -3.84. The molecule has 3 unspecified atom stereocenters. The Morgan fingerprint density at radius 3 is 2.33 bits per heavy atom. The fourth-order valence-electron chi connectivity index (χ4n) is 6.02. The quantitative estimate of drug-likeness (QED) is 0.375. The number of ether oxygens (including phenoxy) is 1. The van der Waals surface area contributed by atoms with Crippen molar-refractivity contribution >= 4 is 23.5 Å². The van der Waals surface area contributed by atoms with Gasteiger partial charge in [-0.25, -0.2) is 14.1 Å². The molecule has 2 heterocycles. The fraction of sp³-hybridized carbons (Fsp3) is 0.276. The molecule has 3 aromatic carbocycles. The summed E-state index contributed by atoms with van der Waals surface area (Å²) in [7, 11) is 0. The molecule has 3 aliphatic rings. The molecule has 2 bridgehead atoms. The van der Waals surface area contributed by atoms with Crippen LogP contribution in [0, 0.1) is 17.7 Å². The molecule has 6 rings (SSSR count). The van der Waals surface area contributed by atoms with E-state index in [1.54, 1.807) is 24.3 Å². The predicted octanol–water partition coefficient (Wildman–Crippen LogP) is 4.69. The van der Waals surface area contributed by atoms with Gasteiger partial charge in [0.15, 0.2) is 0 Å². The van der Waals surface area contributed by atoms with E-state index in [2.05, 4.69) is 17.0 Å². The van der Waals surface area contributed by atoms with Crippen LogP contribution < -0.4 is 4.90 Å². The predicted molar refractivity (Wildman–Crippen MR) is 131 cm³/mol. The molecule has 6 nitrogen and oxygen atoms in total. The van der Waals surface area contributed by atoms with Crippen LogP contribution in [0.2, 0.25) is 0 Å². The molecule has 2 fully saturated rings. The van der Waals surface area contributed by atoms with Crippen LogP contribution in [0.3, 0.4) is 0 Å². The third-order valence-corrected chi connectivity index (χ3v) is 7.72. The standard InChI is InChI=1S/C29H25FN2O4/c30-20-11-13-26(32-27(33)21-8-4-5-9-22(21)28(32)34)23(14-20)29(35)36-17-24-19-10-12-25(24)31(16-19)15-18-6-2-1-3-7-18/h1-9,11,13-14,19,24-25H,10,12,15-17H2. The maximum Gasteiger partial charge on any atom is 0.340 e. The largest absolute Gasteiger partial charge is 0.462 e. The van der Waals surface area contributed by atoms with Crippen molar-refractivity contribution in [1.29, 1.82) is 0 Å². The molecule has 1 aliphatic carbocycles. The van der Waals surface area contributed by atoms with E-state index in [9.17, 15) is 18.8 Å². The van der Waals surface area contributed by atoms with Crippen LogP contribution in [0.4, 0.5) is 10.1 Å². The number of amides is 2. The zero-order valence-corrected chi connectivity index (χ0v) is 19.6. The van der Waals surface area contributed by atoms with Crippen molar-refractivity contribution in [2.45, 2.75) is 25.4 Å². The van der Waals surface area contributed by atoms with Crippen LogP contribution in [0.1, 0.15) is 49.5 Å². The number of imide groups is 1. The van der Waals surface area contributed by atoms with Gasteiger partial charge in [0.1, 0.15) is 5.82 Å². The Labute approximate surface area is 208 Å². The molecule has 1 saturated heterocycles. The lowest BCUT2D eigenvalue weighted by atomic mass is 9.99. The van der Waals surface area contributed by atoms with Crippen molar-refractivity contribution in [3.05, 3.63) is 101 Å². The second-order valence-corrected chi connectivity index (χ2v) is 9.73. The number of hydrogen-bond acceptors (Lipinski definition) is 5. The molecule has 182 valence electrons. The van der Waals surface area contributed by atoms with Crippen LogP contribution in [0.5, 0.6) is 0 Å². The highest BCUT2D eigenvalue weighted by atomic mass is 19.1. The molecule has 0 aromatic heterocycles. The molecular weight excluding hydrogens is 459 g/mol. The minimum atomic E-state index is -0.734. The van der Waals surface area contributed by atoms with Gasteiger partial charge in [-0.1, -0.05) is 42.5 Å². The summed E-state index contributed by atoms with van der Waals surface area (Å²) >= 11 is 0. The Morgan fingerprint density at radius 1 is 0.917 bits per heavy atom. The smallest absolute Gasteiger partial charge is 0.340 e. The summed E-state index contributed by atoms with van der Waals surface area (Å²) in [4.78, 5) is 42.5. The summed E-state index contributed by atoms with van der Waals surface area (Å²) in [5, 5.41) is 0. The van der Waals surface area contributed by atoms with Gasteiger partial charge in [-0.05, 0) is 54.7 Å². The number of anilines is 1. The van der Waals surface area contributed by atoms with Crippen molar-refractivity contribution < 1.29 is 23.5 Å². The number of carbonyl (C=O) groups is 3. The van der Waals surface area contributed by atoms with Crippen LogP contribution in [-0.2, 0) is 11.3 Å². The zero-order valence-electron chi connectivity index (χ0n) is 19.6. The van der Waals surface area contributed by atoms with Gasteiger partial charge in [0.2, 0.25) is 0 Å². The Morgan fingerprint density at radius 2 is 1.61 bits per heavy atom. The van der Waals surface area contributed by atoms with Gasteiger partial charge in [-0.3, -0.25) is 14.5 Å². The molecule has 3 atom stereocenters. The lowest BCUT2D eigenvalue weighted by molar-refractivity contribution is 0.0409. The fourth-order valence-corrected chi connectivity index (χ4v) is 6.02. The molecule has 0 N–H and O–H groups in total. The normalized spacial score (nSPS) is 22.8. The third kappa shape index (κ3) is 3.80. The van der Waals surface area contributed by atoms with E-state index in [1.807, 2.05) is 18.2 Å². The number of fused-ring (bicyclic) bond motifs is 3. The zero-order chi connectivity index (χ0) is 24.8. The maximum atomic E-state index is 14.2. The minimum absolute atomic E-state index is 0.0349. The van der Waals surface area contributed by atoms with Crippen molar-refractivity contribution in [2.75, 3.05) is 18.1 Å². The molecule has 2 aliphatic heterocycles. The Bertz CT molecular complexity index is 1320.